The molecule has 0 saturated carbocycles. The summed E-state index contributed by atoms with van der Waals surface area (Å²) in [5.74, 6) is 0. The van der Waals surface area contributed by atoms with E-state index in [2.05, 4.69) is 27.8 Å². The average Bonchev–Trinajstić information content (AvgIpc) is 3.18. The Kier molecular flexibility index (Phi) is 5.58. The molecule has 7 heteroatoms. The van der Waals surface area contributed by atoms with E-state index >= 15 is 0 Å². The average molecular weight is 350 g/mol. The highest BCUT2D eigenvalue weighted by Gasteiger charge is 2.14. The molecule has 0 spiro atoms. The monoisotopic (exact) mass is 350 g/mol. The Balaban J connectivity index is 1.76. The van der Waals surface area contributed by atoms with Gasteiger partial charge < -0.3 is 10.2 Å². The summed E-state index contributed by atoms with van der Waals surface area (Å²) in [6.45, 7) is 5.30. The Morgan fingerprint density at radius 3 is 2.69 bits per heavy atom. The van der Waals surface area contributed by atoms with E-state index in [1.807, 2.05) is 60.4 Å². The van der Waals surface area contributed by atoms with Gasteiger partial charge in [-0.3, -0.25) is 0 Å². The second kappa shape index (κ2) is 8.24. The molecule has 0 aliphatic rings. The van der Waals surface area contributed by atoms with Gasteiger partial charge in [0.25, 0.3) is 0 Å². The number of carbonyl (C=O) groups is 1. The first-order chi connectivity index (χ1) is 12.7. The summed E-state index contributed by atoms with van der Waals surface area (Å²) in [5, 5.41) is 14.2. The van der Waals surface area contributed by atoms with Gasteiger partial charge in [0.2, 0.25) is 0 Å². The Morgan fingerprint density at radius 2 is 2.00 bits per heavy atom. The first kappa shape index (κ1) is 17.6. The molecule has 0 aliphatic carbocycles. The van der Waals surface area contributed by atoms with Crippen molar-refractivity contribution in [1.29, 1.82) is 0 Å². The van der Waals surface area contributed by atoms with Crippen LogP contribution in [0, 0.1) is 6.92 Å². The summed E-state index contributed by atoms with van der Waals surface area (Å²) in [7, 11) is 0. The molecule has 1 heterocycles. The summed E-state index contributed by atoms with van der Waals surface area (Å²) in [6, 6.07) is 15.6. The first-order valence-electron chi connectivity index (χ1n) is 8.61. The maximum atomic E-state index is 12.8. The lowest BCUT2D eigenvalue weighted by Crippen LogP contribution is -2.35. The molecular formula is C19H22N6O. The first-order valence-corrected chi connectivity index (χ1v) is 8.61. The number of hydrogen-bond donors (Lipinski definition) is 1. The molecule has 134 valence electrons. The molecule has 3 rings (SSSR count). The molecule has 2 aromatic carbocycles. The summed E-state index contributed by atoms with van der Waals surface area (Å²) < 4.78 is 1.58. The number of nitrogens with zero attached hydrogens (tertiary/aromatic N) is 5. The van der Waals surface area contributed by atoms with Crippen molar-refractivity contribution in [3.05, 3.63) is 66.0 Å². The molecule has 7 nitrogen and oxygen atoms in total. The Bertz CT molecular complexity index is 848. The number of rotatable bonds is 6. The van der Waals surface area contributed by atoms with Gasteiger partial charge in [0.15, 0.2) is 0 Å². The van der Waals surface area contributed by atoms with Gasteiger partial charge in [-0.15, -0.1) is 5.10 Å². The van der Waals surface area contributed by atoms with Crippen LogP contribution in [0.4, 0.5) is 10.5 Å². The largest absolute Gasteiger partial charge is 0.322 e. The zero-order chi connectivity index (χ0) is 18.4. The van der Waals surface area contributed by atoms with Crippen LogP contribution < -0.4 is 5.32 Å². The Labute approximate surface area is 152 Å². The second-order valence-corrected chi connectivity index (χ2v) is 6.09. The number of benzene rings is 2. The van der Waals surface area contributed by atoms with E-state index in [1.165, 1.54) is 6.33 Å². The molecule has 2 amide bonds. The number of tetrazole rings is 1. The number of aromatic nitrogens is 4. The van der Waals surface area contributed by atoms with E-state index in [0.717, 1.165) is 23.2 Å². The number of hydrogen-bond acceptors (Lipinski definition) is 4. The van der Waals surface area contributed by atoms with E-state index in [-0.39, 0.29) is 6.03 Å². The molecule has 26 heavy (non-hydrogen) atoms. The quantitative estimate of drug-likeness (QED) is 0.739. The summed E-state index contributed by atoms with van der Waals surface area (Å²) in [6.07, 6.45) is 2.43. The Hall–Kier alpha value is -3.22. The fourth-order valence-corrected chi connectivity index (χ4v) is 2.73. The van der Waals surface area contributed by atoms with E-state index in [0.29, 0.717) is 18.8 Å². The van der Waals surface area contributed by atoms with Crippen molar-refractivity contribution in [2.75, 3.05) is 11.9 Å². The minimum absolute atomic E-state index is 0.123. The van der Waals surface area contributed by atoms with E-state index in [1.54, 1.807) is 4.68 Å². The highest BCUT2D eigenvalue weighted by molar-refractivity contribution is 5.89. The van der Waals surface area contributed by atoms with Crippen molar-refractivity contribution >= 4 is 11.7 Å². The van der Waals surface area contributed by atoms with Crippen LogP contribution >= 0.6 is 0 Å². The molecule has 1 N–H and O–H groups in total. The third-order valence-corrected chi connectivity index (χ3v) is 4.05. The zero-order valence-electron chi connectivity index (χ0n) is 15.0. The molecule has 3 aromatic rings. The van der Waals surface area contributed by atoms with Crippen molar-refractivity contribution in [3.8, 4) is 5.69 Å². The van der Waals surface area contributed by atoms with Gasteiger partial charge in [0.1, 0.15) is 6.33 Å². The van der Waals surface area contributed by atoms with Crippen LogP contribution in [-0.4, -0.2) is 37.7 Å². The lowest BCUT2D eigenvalue weighted by atomic mass is 10.2. The predicted molar refractivity (Wildman–Crippen MR) is 100 cm³/mol. The van der Waals surface area contributed by atoms with Crippen molar-refractivity contribution in [2.45, 2.75) is 26.8 Å². The molecule has 1 aromatic heterocycles. The van der Waals surface area contributed by atoms with Crippen LogP contribution in [0.15, 0.2) is 54.9 Å². The SMILES string of the molecule is CCCN(Cc1ccccc1)C(=O)Nc1ccc(C)c(-n2cnnn2)c1. The highest BCUT2D eigenvalue weighted by atomic mass is 16.2. The van der Waals surface area contributed by atoms with Gasteiger partial charge in [-0.1, -0.05) is 43.3 Å². The maximum absolute atomic E-state index is 12.8. The van der Waals surface area contributed by atoms with Crippen LogP contribution in [0.25, 0.3) is 5.69 Å². The van der Waals surface area contributed by atoms with Crippen LogP contribution in [0.5, 0.6) is 0 Å². The molecule has 0 radical (unpaired) electrons. The number of carbonyl (C=O) groups excluding carboxylic acids is 1. The normalized spacial score (nSPS) is 10.5. The zero-order valence-corrected chi connectivity index (χ0v) is 15.0. The fraction of sp³-hybridized carbons (Fsp3) is 0.263. The van der Waals surface area contributed by atoms with Gasteiger partial charge >= 0.3 is 6.03 Å². The molecular weight excluding hydrogens is 328 g/mol. The minimum Gasteiger partial charge on any atom is -0.320 e. The van der Waals surface area contributed by atoms with Crippen LogP contribution in [0.2, 0.25) is 0 Å². The molecule has 0 bridgehead atoms. The lowest BCUT2D eigenvalue weighted by Gasteiger charge is -2.23. The van der Waals surface area contributed by atoms with Crippen LogP contribution in [0.3, 0.4) is 0 Å². The standard InChI is InChI=1S/C19H22N6O/c1-3-11-24(13-16-7-5-4-6-8-16)19(26)21-17-10-9-15(2)18(12-17)25-14-20-22-23-25/h4-10,12,14H,3,11,13H2,1-2H3,(H,21,26). The smallest absolute Gasteiger partial charge is 0.320 e. The third-order valence-electron chi connectivity index (χ3n) is 4.05. The molecule has 0 saturated heterocycles. The van der Waals surface area contributed by atoms with Crippen molar-refractivity contribution in [3.63, 3.8) is 0 Å². The maximum Gasteiger partial charge on any atom is 0.322 e. The van der Waals surface area contributed by atoms with Crippen molar-refractivity contribution in [2.24, 2.45) is 0 Å². The van der Waals surface area contributed by atoms with Crippen LogP contribution in [0.1, 0.15) is 24.5 Å². The predicted octanol–water partition coefficient (Wildman–Crippen LogP) is 3.41. The van der Waals surface area contributed by atoms with E-state index in [4.69, 9.17) is 0 Å². The molecule has 0 fully saturated rings. The van der Waals surface area contributed by atoms with Gasteiger partial charge in [-0.25, -0.2) is 9.48 Å². The molecule has 0 unspecified atom stereocenters. The van der Waals surface area contributed by atoms with E-state index < -0.39 is 0 Å². The summed E-state index contributed by atoms with van der Waals surface area (Å²) in [5.41, 5.74) is 3.66. The number of aryl methyl sites for hydroxylation is 1. The van der Waals surface area contributed by atoms with Gasteiger partial charge in [-0.05, 0) is 47.0 Å². The second-order valence-electron chi connectivity index (χ2n) is 6.09. The number of anilines is 1. The van der Waals surface area contributed by atoms with Crippen LogP contribution in [-0.2, 0) is 6.54 Å². The molecule has 0 atom stereocenters. The molecule has 0 aliphatic heterocycles. The number of urea groups is 1. The number of nitrogens with one attached hydrogen (secondary N) is 1. The fourth-order valence-electron chi connectivity index (χ4n) is 2.73. The van der Waals surface area contributed by atoms with Crippen molar-refractivity contribution in [1.82, 2.24) is 25.1 Å². The number of amides is 2. The van der Waals surface area contributed by atoms with Gasteiger partial charge in [-0.2, -0.15) is 0 Å². The third kappa shape index (κ3) is 4.24. The highest BCUT2D eigenvalue weighted by Crippen LogP contribution is 2.19. The lowest BCUT2D eigenvalue weighted by molar-refractivity contribution is 0.209. The van der Waals surface area contributed by atoms with Gasteiger partial charge in [0.05, 0.1) is 5.69 Å². The van der Waals surface area contributed by atoms with Gasteiger partial charge in [0, 0.05) is 18.8 Å². The topological polar surface area (TPSA) is 75.9 Å². The minimum atomic E-state index is -0.123. The summed E-state index contributed by atoms with van der Waals surface area (Å²) in [4.78, 5) is 14.6. The van der Waals surface area contributed by atoms with E-state index in [9.17, 15) is 4.79 Å². The summed E-state index contributed by atoms with van der Waals surface area (Å²) >= 11 is 0. The van der Waals surface area contributed by atoms with Crippen molar-refractivity contribution < 1.29 is 4.79 Å². The Morgan fingerprint density at radius 1 is 1.19 bits per heavy atom.